The highest BCUT2D eigenvalue weighted by Crippen LogP contribution is 2.37. The van der Waals surface area contributed by atoms with Crippen LogP contribution >= 0.6 is 11.9 Å². The summed E-state index contributed by atoms with van der Waals surface area (Å²) < 4.78 is 4.02. The van der Waals surface area contributed by atoms with Crippen LogP contribution in [0.15, 0.2) is 84.1 Å². The molecule has 0 radical (unpaired) electrons. The molecular weight excluding hydrogens is 452 g/mol. The Kier molecular flexibility index (Phi) is 5.90. The van der Waals surface area contributed by atoms with E-state index in [0.29, 0.717) is 0 Å². The molecule has 5 aromatic rings. The zero-order valence-electron chi connectivity index (χ0n) is 20.0. The normalized spacial score (nSPS) is 14.3. The number of aromatic nitrogens is 3. The van der Waals surface area contributed by atoms with Crippen molar-refractivity contribution < 1.29 is 0 Å². The molecule has 0 saturated carbocycles. The summed E-state index contributed by atoms with van der Waals surface area (Å²) in [5.41, 5.74) is 6.53. The second-order valence-corrected chi connectivity index (χ2v) is 10.4. The van der Waals surface area contributed by atoms with E-state index in [1.165, 1.54) is 21.4 Å². The molecule has 0 unspecified atom stereocenters. The lowest BCUT2D eigenvalue weighted by atomic mass is 10.00. The van der Waals surface area contributed by atoms with Crippen molar-refractivity contribution in [3.05, 3.63) is 79.3 Å². The van der Waals surface area contributed by atoms with Gasteiger partial charge in [-0.2, -0.15) is 5.10 Å². The Bertz CT molecular complexity index is 1490. The maximum Gasteiger partial charge on any atom is 0.162 e. The average molecular weight is 481 g/mol. The Morgan fingerprint density at radius 2 is 1.60 bits per heavy atom. The minimum absolute atomic E-state index is 0.865. The van der Waals surface area contributed by atoms with Crippen LogP contribution in [-0.2, 0) is 0 Å². The van der Waals surface area contributed by atoms with Crippen molar-refractivity contribution in [3.63, 3.8) is 0 Å². The summed E-state index contributed by atoms with van der Waals surface area (Å²) >= 11 is 1.74. The van der Waals surface area contributed by atoms with Crippen molar-refractivity contribution in [1.29, 1.82) is 0 Å². The summed E-state index contributed by atoms with van der Waals surface area (Å²) in [4.78, 5) is 8.52. The van der Waals surface area contributed by atoms with Crippen molar-refractivity contribution in [2.45, 2.75) is 4.90 Å². The molecule has 2 aromatic heterocycles. The molecule has 1 saturated heterocycles. The van der Waals surface area contributed by atoms with Crippen LogP contribution in [0.3, 0.4) is 0 Å². The van der Waals surface area contributed by atoms with E-state index in [4.69, 9.17) is 4.98 Å². The predicted molar refractivity (Wildman–Crippen MR) is 146 cm³/mol. The number of nitrogens with one attached hydrogen (secondary N) is 1. The molecule has 6 rings (SSSR count). The largest absolute Gasteiger partial charge is 0.369 e. The second-order valence-electron chi connectivity index (χ2n) is 9.01. The fourth-order valence-electron chi connectivity index (χ4n) is 4.78. The Labute approximate surface area is 209 Å². The molecular formula is C28H28N6S. The molecule has 0 aliphatic carbocycles. The summed E-state index contributed by atoms with van der Waals surface area (Å²) in [6.07, 6.45) is 5.96. The molecule has 1 N–H and O–H groups in total. The first-order valence-electron chi connectivity index (χ1n) is 11.9. The second kappa shape index (κ2) is 9.34. The molecule has 1 aliphatic heterocycles. The van der Waals surface area contributed by atoms with Crippen LogP contribution in [0.4, 0.5) is 5.69 Å². The third-order valence-electron chi connectivity index (χ3n) is 6.49. The van der Waals surface area contributed by atoms with Crippen LogP contribution in [-0.4, -0.2) is 59.2 Å². The minimum atomic E-state index is 0.865. The third kappa shape index (κ3) is 4.27. The third-order valence-corrected chi connectivity index (χ3v) is 7.41. The van der Waals surface area contributed by atoms with E-state index in [0.717, 1.165) is 54.1 Å². The van der Waals surface area contributed by atoms with E-state index in [1.54, 1.807) is 11.9 Å². The van der Waals surface area contributed by atoms with Crippen molar-refractivity contribution in [3.8, 4) is 22.3 Å². The first-order chi connectivity index (χ1) is 17.2. The molecule has 1 aliphatic rings. The highest BCUT2D eigenvalue weighted by molar-refractivity contribution is 7.97. The Morgan fingerprint density at radius 1 is 0.829 bits per heavy atom. The molecule has 0 spiro atoms. The summed E-state index contributed by atoms with van der Waals surface area (Å²) in [6.45, 7) is 4.17. The van der Waals surface area contributed by atoms with Crippen LogP contribution < -0.4 is 10.2 Å². The number of piperazine rings is 1. The molecule has 1 fully saturated rings. The van der Waals surface area contributed by atoms with Crippen LogP contribution in [0.25, 0.3) is 38.7 Å². The van der Waals surface area contributed by atoms with Gasteiger partial charge in [-0.1, -0.05) is 42.5 Å². The predicted octanol–water partition coefficient (Wildman–Crippen LogP) is 5.19. The Morgan fingerprint density at radius 3 is 2.37 bits per heavy atom. The van der Waals surface area contributed by atoms with E-state index in [2.05, 4.69) is 101 Å². The zero-order valence-corrected chi connectivity index (χ0v) is 20.8. The lowest BCUT2D eigenvalue weighted by Gasteiger charge is -2.29. The number of rotatable bonds is 5. The van der Waals surface area contributed by atoms with Gasteiger partial charge in [0.15, 0.2) is 5.65 Å². The van der Waals surface area contributed by atoms with Gasteiger partial charge in [0.2, 0.25) is 0 Å². The Hall–Kier alpha value is -3.39. The summed E-state index contributed by atoms with van der Waals surface area (Å²) in [6, 6.07) is 21.7. The van der Waals surface area contributed by atoms with Gasteiger partial charge in [0.25, 0.3) is 0 Å². The van der Waals surface area contributed by atoms with Gasteiger partial charge < -0.3 is 10.2 Å². The molecule has 176 valence electrons. The van der Waals surface area contributed by atoms with Gasteiger partial charge in [-0.25, -0.2) is 9.50 Å². The number of benzene rings is 3. The van der Waals surface area contributed by atoms with Crippen LogP contribution in [0.2, 0.25) is 0 Å². The molecule has 0 amide bonds. The number of fused-ring (bicyclic) bond motifs is 2. The van der Waals surface area contributed by atoms with Crippen LogP contribution in [0, 0.1) is 0 Å². The van der Waals surface area contributed by atoms with E-state index in [9.17, 15) is 0 Å². The lowest BCUT2D eigenvalue weighted by molar-refractivity contribution is 0.589. The van der Waals surface area contributed by atoms with Crippen LogP contribution in [0.1, 0.15) is 0 Å². The fourth-order valence-corrected chi connectivity index (χ4v) is 5.58. The lowest BCUT2D eigenvalue weighted by Crippen LogP contribution is -2.43. The first kappa shape index (κ1) is 22.1. The van der Waals surface area contributed by atoms with Crippen molar-refractivity contribution in [2.24, 2.45) is 0 Å². The van der Waals surface area contributed by atoms with E-state index >= 15 is 0 Å². The molecule has 0 bridgehead atoms. The van der Waals surface area contributed by atoms with Crippen molar-refractivity contribution in [1.82, 2.24) is 24.2 Å². The standard InChI is InChI=1S/C28H28N6S/c1-32(2)35-27-12-11-24(23-5-3-4-6-25(23)27)26-18-31-34-19-21(17-30-28(26)34)20-7-9-22(10-8-20)33-15-13-29-14-16-33/h3-12,17-19,29H,13-16H2,1-2H3. The minimum Gasteiger partial charge on any atom is -0.369 e. The monoisotopic (exact) mass is 480 g/mol. The number of hydrogen-bond donors (Lipinski definition) is 1. The number of nitrogens with zero attached hydrogens (tertiary/aromatic N) is 5. The van der Waals surface area contributed by atoms with Gasteiger partial charge in [0, 0.05) is 60.3 Å². The summed E-state index contributed by atoms with van der Waals surface area (Å²) in [5, 5.41) is 10.5. The first-order valence-corrected chi connectivity index (χ1v) is 12.7. The van der Waals surface area contributed by atoms with Crippen molar-refractivity contribution >= 4 is 34.1 Å². The van der Waals surface area contributed by atoms with Gasteiger partial charge in [0.1, 0.15) is 0 Å². The highest BCUT2D eigenvalue weighted by atomic mass is 32.2. The van der Waals surface area contributed by atoms with Crippen LogP contribution in [0.5, 0.6) is 0 Å². The Balaban J connectivity index is 1.35. The maximum atomic E-state index is 4.85. The smallest absolute Gasteiger partial charge is 0.162 e. The van der Waals surface area contributed by atoms with Gasteiger partial charge in [-0.05, 0) is 66.1 Å². The molecule has 3 aromatic carbocycles. The molecule has 7 heteroatoms. The number of anilines is 1. The molecule has 6 nitrogen and oxygen atoms in total. The van der Waals surface area contributed by atoms with Crippen molar-refractivity contribution in [2.75, 3.05) is 45.2 Å². The number of hydrogen-bond acceptors (Lipinski definition) is 6. The van der Waals surface area contributed by atoms with E-state index in [1.807, 2.05) is 16.9 Å². The van der Waals surface area contributed by atoms with E-state index in [-0.39, 0.29) is 0 Å². The highest BCUT2D eigenvalue weighted by Gasteiger charge is 2.15. The fraction of sp³-hybridized carbons (Fsp3) is 0.214. The van der Waals surface area contributed by atoms with Gasteiger partial charge >= 0.3 is 0 Å². The van der Waals surface area contributed by atoms with E-state index < -0.39 is 0 Å². The van der Waals surface area contributed by atoms with Gasteiger partial charge in [-0.15, -0.1) is 0 Å². The zero-order chi connectivity index (χ0) is 23.8. The summed E-state index contributed by atoms with van der Waals surface area (Å²) in [5.74, 6) is 0. The molecule has 3 heterocycles. The molecule has 0 atom stereocenters. The van der Waals surface area contributed by atoms with Gasteiger partial charge in [-0.3, -0.25) is 4.31 Å². The maximum absolute atomic E-state index is 4.85. The molecule has 35 heavy (non-hydrogen) atoms. The average Bonchev–Trinajstić information content (AvgIpc) is 3.32. The topological polar surface area (TPSA) is 48.7 Å². The quantitative estimate of drug-likeness (QED) is 0.349. The van der Waals surface area contributed by atoms with Gasteiger partial charge in [0.05, 0.1) is 6.20 Å². The SMILES string of the molecule is CN(C)Sc1ccc(-c2cnn3cc(-c4ccc(N5CCNCC5)cc4)cnc23)c2ccccc12. The summed E-state index contributed by atoms with van der Waals surface area (Å²) in [7, 11) is 4.14.